The maximum atomic E-state index is 11.9. The minimum atomic E-state index is -0.291. The molecule has 1 amide bonds. The van der Waals surface area contributed by atoms with Crippen LogP contribution in [-0.4, -0.2) is 18.0 Å². The van der Waals surface area contributed by atoms with E-state index in [2.05, 4.69) is 21.2 Å². The Morgan fingerprint density at radius 3 is 2.88 bits per heavy atom. The zero-order valence-corrected chi connectivity index (χ0v) is 10.7. The molecular weight excluding hydrogens is 272 g/mol. The topological polar surface area (TPSA) is 68.3 Å². The van der Waals surface area contributed by atoms with Gasteiger partial charge in [0.05, 0.1) is 11.1 Å². The smallest absolute Gasteiger partial charge is 0.255 e. The standard InChI is InChI=1S/C11H15BrN2O2/c1-11(6-13,8-2-3-8)14-10(15)7-4-9(12)16-5-7/h4-5,8H,2-3,6,13H2,1H3,(H,14,15). The summed E-state index contributed by atoms with van der Waals surface area (Å²) in [5.41, 5.74) is 5.96. The summed E-state index contributed by atoms with van der Waals surface area (Å²) in [5.74, 6) is 0.381. The molecule has 1 aliphatic rings. The van der Waals surface area contributed by atoms with E-state index in [1.54, 1.807) is 6.07 Å². The second-order valence-electron chi connectivity index (χ2n) is 4.49. The van der Waals surface area contributed by atoms with Gasteiger partial charge in [-0.2, -0.15) is 0 Å². The monoisotopic (exact) mass is 286 g/mol. The van der Waals surface area contributed by atoms with Crippen LogP contribution in [0.1, 0.15) is 30.1 Å². The molecule has 0 bridgehead atoms. The molecule has 0 saturated heterocycles. The molecule has 16 heavy (non-hydrogen) atoms. The van der Waals surface area contributed by atoms with Crippen molar-refractivity contribution in [3.05, 3.63) is 22.6 Å². The summed E-state index contributed by atoms with van der Waals surface area (Å²) in [7, 11) is 0. The van der Waals surface area contributed by atoms with Crippen molar-refractivity contribution >= 4 is 21.8 Å². The molecule has 3 N–H and O–H groups in total. The average Bonchev–Trinajstić information content (AvgIpc) is 3.02. The number of nitrogens with one attached hydrogen (secondary N) is 1. The molecule has 1 unspecified atom stereocenters. The molecule has 1 aliphatic carbocycles. The van der Waals surface area contributed by atoms with Crippen molar-refractivity contribution in [3.63, 3.8) is 0 Å². The van der Waals surface area contributed by atoms with Gasteiger partial charge in [0.1, 0.15) is 6.26 Å². The fourth-order valence-corrected chi connectivity index (χ4v) is 2.14. The van der Waals surface area contributed by atoms with Gasteiger partial charge in [0, 0.05) is 12.6 Å². The predicted molar refractivity (Wildman–Crippen MR) is 64.1 cm³/mol. The third kappa shape index (κ3) is 2.30. The van der Waals surface area contributed by atoms with Gasteiger partial charge in [0.25, 0.3) is 5.91 Å². The first kappa shape index (κ1) is 11.7. The SMILES string of the molecule is CC(CN)(NC(=O)c1coc(Br)c1)C1CC1. The van der Waals surface area contributed by atoms with Gasteiger partial charge in [0.2, 0.25) is 0 Å². The maximum absolute atomic E-state index is 11.9. The fraction of sp³-hybridized carbons (Fsp3) is 0.545. The third-order valence-corrected chi connectivity index (χ3v) is 3.55. The number of nitrogens with two attached hydrogens (primary N) is 1. The van der Waals surface area contributed by atoms with Gasteiger partial charge in [-0.05, 0) is 41.6 Å². The second kappa shape index (κ2) is 4.22. The molecule has 0 aliphatic heterocycles. The van der Waals surface area contributed by atoms with Crippen molar-refractivity contribution in [1.82, 2.24) is 5.32 Å². The van der Waals surface area contributed by atoms with Crippen molar-refractivity contribution < 1.29 is 9.21 Å². The second-order valence-corrected chi connectivity index (χ2v) is 5.27. The third-order valence-electron chi connectivity index (χ3n) is 3.13. The quantitative estimate of drug-likeness (QED) is 0.888. The Kier molecular flexibility index (Phi) is 3.08. The van der Waals surface area contributed by atoms with Crippen molar-refractivity contribution in [2.24, 2.45) is 11.7 Å². The average molecular weight is 287 g/mol. The molecular formula is C11H15BrN2O2. The number of furan rings is 1. The number of carbonyl (C=O) groups is 1. The molecule has 5 heteroatoms. The molecule has 0 radical (unpaired) electrons. The first-order chi connectivity index (χ1) is 7.55. The van der Waals surface area contributed by atoms with Crippen LogP contribution in [0, 0.1) is 5.92 Å². The fourth-order valence-electron chi connectivity index (χ4n) is 1.80. The van der Waals surface area contributed by atoms with Crippen molar-refractivity contribution in [3.8, 4) is 0 Å². The zero-order chi connectivity index (χ0) is 11.8. The van der Waals surface area contributed by atoms with Gasteiger partial charge in [-0.15, -0.1) is 0 Å². The van der Waals surface area contributed by atoms with Gasteiger partial charge in [-0.3, -0.25) is 4.79 Å². The molecule has 4 nitrogen and oxygen atoms in total. The Balaban J connectivity index is 2.06. The van der Waals surface area contributed by atoms with E-state index >= 15 is 0 Å². The van der Waals surface area contributed by atoms with Crippen molar-refractivity contribution in [2.45, 2.75) is 25.3 Å². The Bertz CT molecular complexity index is 400. The molecule has 1 atom stereocenters. The first-order valence-electron chi connectivity index (χ1n) is 5.32. The highest BCUT2D eigenvalue weighted by Crippen LogP contribution is 2.39. The Labute approximate surface area is 103 Å². The van der Waals surface area contributed by atoms with E-state index in [4.69, 9.17) is 10.2 Å². The van der Waals surface area contributed by atoms with E-state index in [1.807, 2.05) is 6.92 Å². The lowest BCUT2D eigenvalue weighted by Crippen LogP contribution is -2.53. The van der Waals surface area contributed by atoms with Crippen LogP contribution in [0.15, 0.2) is 21.4 Å². The Hall–Kier alpha value is -0.810. The highest BCUT2D eigenvalue weighted by molar-refractivity contribution is 9.10. The molecule has 1 fully saturated rings. The number of carbonyl (C=O) groups excluding carboxylic acids is 1. The van der Waals surface area contributed by atoms with Crippen LogP contribution < -0.4 is 11.1 Å². The molecule has 0 spiro atoms. The summed E-state index contributed by atoms with van der Waals surface area (Å²) in [4.78, 5) is 11.9. The molecule has 1 aromatic heterocycles. The number of amides is 1. The van der Waals surface area contributed by atoms with Crippen LogP contribution in [0.3, 0.4) is 0 Å². The molecule has 1 heterocycles. The van der Waals surface area contributed by atoms with Gasteiger partial charge in [-0.25, -0.2) is 0 Å². The molecule has 2 rings (SSSR count). The summed E-state index contributed by atoms with van der Waals surface area (Å²) in [6, 6.07) is 1.65. The lowest BCUT2D eigenvalue weighted by molar-refractivity contribution is 0.0897. The normalized spacial score (nSPS) is 19.2. The summed E-state index contributed by atoms with van der Waals surface area (Å²) in [5, 5.41) is 2.99. The number of hydrogen-bond acceptors (Lipinski definition) is 3. The van der Waals surface area contributed by atoms with E-state index in [9.17, 15) is 4.79 Å². The molecule has 1 saturated carbocycles. The zero-order valence-electron chi connectivity index (χ0n) is 9.13. The van der Waals surface area contributed by atoms with Gasteiger partial charge in [-0.1, -0.05) is 0 Å². The van der Waals surface area contributed by atoms with Gasteiger partial charge < -0.3 is 15.5 Å². The van der Waals surface area contributed by atoms with Crippen molar-refractivity contribution in [2.75, 3.05) is 6.54 Å². The van der Waals surface area contributed by atoms with E-state index in [0.717, 1.165) is 12.8 Å². The summed E-state index contributed by atoms with van der Waals surface area (Å²) < 4.78 is 5.59. The summed E-state index contributed by atoms with van der Waals surface area (Å²) in [6.07, 6.45) is 3.72. The van der Waals surface area contributed by atoms with Crippen LogP contribution in [0.25, 0.3) is 0 Å². The van der Waals surface area contributed by atoms with Crippen LogP contribution in [0.5, 0.6) is 0 Å². The Morgan fingerprint density at radius 1 is 1.75 bits per heavy atom. The number of rotatable bonds is 4. The number of hydrogen-bond donors (Lipinski definition) is 2. The number of halogens is 1. The van der Waals surface area contributed by atoms with Crippen LogP contribution in [0.4, 0.5) is 0 Å². The minimum Gasteiger partial charge on any atom is -0.457 e. The lowest BCUT2D eigenvalue weighted by Gasteiger charge is -2.29. The lowest BCUT2D eigenvalue weighted by atomic mass is 9.95. The summed E-state index contributed by atoms with van der Waals surface area (Å²) in [6.45, 7) is 2.46. The molecule has 0 aromatic carbocycles. The predicted octanol–water partition coefficient (Wildman–Crippen LogP) is 1.90. The van der Waals surface area contributed by atoms with E-state index < -0.39 is 0 Å². The highest BCUT2D eigenvalue weighted by atomic mass is 79.9. The van der Waals surface area contributed by atoms with Crippen LogP contribution in [0.2, 0.25) is 0 Å². The van der Waals surface area contributed by atoms with E-state index in [-0.39, 0.29) is 11.4 Å². The van der Waals surface area contributed by atoms with Crippen molar-refractivity contribution in [1.29, 1.82) is 0 Å². The van der Waals surface area contributed by atoms with Crippen LogP contribution in [-0.2, 0) is 0 Å². The van der Waals surface area contributed by atoms with Gasteiger partial charge >= 0.3 is 0 Å². The molecule has 1 aromatic rings. The Morgan fingerprint density at radius 2 is 2.44 bits per heavy atom. The van der Waals surface area contributed by atoms with Gasteiger partial charge in [0.15, 0.2) is 4.67 Å². The maximum Gasteiger partial charge on any atom is 0.255 e. The first-order valence-corrected chi connectivity index (χ1v) is 6.11. The molecule has 88 valence electrons. The minimum absolute atomic E-state index is 0.130. The van der Waals surface area contributed by atoms with E-state index in [0.29, 0.717) is 22.7 Å². The highest BCUT2D eigenvalue weighted by Gasteiger charge is 2.41. The summed E-state index contributed by atoms with van der Waals surface area (Å²) >= 11 is 3.17. The van der Waals surface area contributed by atoms with Crippen LogP contribution >= 0.6 is 15.9 Å². The largest absolute Gasteiger partial charge is 0.457 e. The van der Waals surface area contributed by atoms with E-state index in [1.165, 1.54) is 6.26 Å².